The van der Waals surface area contributed by atoms with E-state index in [0.717, 1.165) is 12.1 Å². The van der Waals surface area contributed by atoms with Gasteiger partial charge in [0.15, 0.2) is 0 Å². The Morgan fingerprint density at radius 2 is 1.79 bits per heavy atom. The Kier molecular flexibility index (Phi) is 2.94. The molecule has 5 N–H and O–H groups in total. The van der Waals surface area contributed by atoms with Gasteiger partial charge in [-0.05, 0) is 31.0 Å². The molecule has 1 aliphatic carbocycles. The fourth-order valence-corrected chi connectivity index (χ4v) is 2.33. The van der Waals surface area contributed by atoms with E-state index in [0.29, 0.717) is 0 Å². The lowest BCUT2D eigenvalue weighted by molar-refractivity contribution is -0.151. The van der Waals surface area contributed by atoms with Crippen molar-refractivity contribution in [3.05, 3.63) is 18.2 Å². The summed E-state index contributed by atoms with van der Waals surface area (Å²) in [5, 5.41) is 7.22. The van der Waals surface area contributed by atoms with Crippen molar-refractivity contribution in [2.24, 2.45) is 5.14 Å². The van der Waals surface area contributed by atoms with E-state index in [4.69, 9.17) is 10.9 Å². The van der Waals surface area contributed by atoms with Gasteiger partial charge < -0.3 is 11.1 Å². The number of sulfonamides is 1. The molecule has 0 bridgehead atoms. The summed E-state index contributed by atoms with van der Waals surface area (Å²) in [4.78, 5) is -0.326. The van der Waals surface area contributed by atoms with Crippen molar-refractivity contribution in [2.75, 3.05) is 11.1 Å². The molecule has 0 atom stereocenters. The van der Waals surface area contributed by atoms with Crippen LogP contribution in [-0.4, -0.2) is 20.1 Å². The van der Waals surface area contributed by atoms with Gasteiger partial charge in [-0.1, -0.05) is 0 Å². The third-order valence-corrected chi connectivity index (χ3v) is 3.83. The summed E-state index contributed by atoms with van der Waals surface area (Å²) in [5.41, 5.74) is 3.48. The molecule has 0 amide bonds. The molecule has 2 rings (SSSR count). The van der Waals surface area contributed by atoms with Gasteiger partial charge in [-0.3, -0.25) is 0 Å². The topological polar surface area (TPSA) is 98.2 Å². The van der Waals surface area contributed by atoms with Crippen LogP contribution in [0.4, 0.5) is 24.5 Å². The van der Waals surface area contributed by atoms with E-state index in [9.17, 15) is 21.6 Å². The van der Waals surface area contributed by atoms with Crippen LogP contribution < -0.4 is 16.2 Å². The highest BCUT2D eigenvalue weighted by Gasteiger charge is 2.63. The van der Waals surface area contributed by atoms with E-state index >= 15 is 0 Å². The fourth-order valence-electron chi connectivity index (χ4n) is 1.74. The van der Waals surface area contributed by atoms with Gasteiger partial charge in [-0.25, -0.2) is 13.6 Å². The molecule has 0 aromatic heterocycles. The van der Waals surface area contributed by atoms with Gasteiger partial charge in [-0.2, -0.15) is 13.2 Å². The number of primary sulfonamides is 1. The standard InChI is InChI=1S/C10H12F3N3O2S/c11-10(12,13)9(1-2-9)16-7-3-6(14)4-8(5-7)19(15,17)18/h3-5,16H,1-2,14H2,(H2,15,17,18). The van der Waals surface area contributed by atoms with Crippen LogP contribution in [0.25, 0.3) is 0 Å². The highest BCUT2D eigenvalue weighted by atomic mass is 32.2. The van der Waals surface area contributed by atoms with E-state index in [2.05, 4.69) is 5.32 Å². The second-order valence-electron chi connectivity index (χ2n) is 4.54. The first-order valence-electron chi connectivity index (χ1n) is 5.32. The molecule has 1 fully saturated rings. The average Bonchev–Trinajstić information content (AvgIpc) is 2.95. The van der Waals surface area contributed by atoms with Crippen LogP contribution in [0.15, 0.2) is 23.1 Å². The predicted octanol–water partition coefficient (Wildman–Crippen LogP) is 1.42. The zero-order valence-electron chi connectivity index (χ0n) is 9.66. The second kappa shape index (κ2) is 4.01. The third kappa shape index (κ3) is 2.76. The van der Waals surface area contributed by atoms with Crippen molar-refractivity contribution < 1.29 is 21.6 Å². The van der Waals surface area contributed by atoms with Crippen LogP contribution in [0.5, 0.6) is 0 Å². The minimum absolute atomic E-state index is 0.0150. The molecule has 0 aliphatic heterocycles. The largest absolute Gasteiger partial charge is 0.411 e. The number of benzene rings is 1. The van der Waals surface area contributed by atoms with Crippen LogP contribution in [0, 0.1) is 0 Å². The maximum Gasteiger partial charge on any atom is 0.411 e. The molecule has 0 unspecified atom stereocenters. The number of nitrogen functional groups attached to an aromatic ring is 1. The minimum Gasteiger partial charge on any atom is -0.399 e. The van der Waals surface area contributed by atoms with Crippen LogP contribution in [0.3, 0.4) is 0 Å². The molecular weight excluding hydrogens is 283 g/mol. The SMILES string of the molecule is Nc1cc(NC2(C(F)(F)F)CC2)cc(S(N)(=O)=O)c1. The molecular formula is C10H12F3N3O2S. The summed E-state index contributed by atoms with van der Waals surface area (Å²) < 4.78 is 60.7. The Morgan fingerprint density at radius 3 is 2.21 bits per heavy atom. The number of nitrogens with one attached hydrogen (secondary N) is 1. The lowest BCUT2D eigenvalue weighted by atomic mass is 10.2. The van der Waals surface area contributed by atoms with E-state index in [1.807, 2.05) is 0 Å². The molecule has 1 aliphatic rings. The van der Waals surface area contributed by atoms with Crippen LogP contribution in [0.1, 0.15) is 12.8 Å². The molecule has 106 valence electrons. The molecule has 0 saturated heterocycles. The number of hydrogen-bond acceptors (Lipinski definition) is 4. The van der Waals surface area contributed by atoms with Crippen molar-refractivity contribution in [1.82, 2.24) is 0 Å². The number of alkyl halides is 3. The molecule has 0 spiro atoms. The highest BCUT2D eigenvalue weighted by Crippen LogP contribution is 2.51. The first kappa shape index (κ1) is 13.9. The van der Waals surface area contributed by atoms with Crippen molar-refractivity contribution in [1.29, 1.82) is 0 Å². The average molecular weight is 295 g/mol. The van der Waals surface area contributed by atoms with Crippen molar-refractivity contribution in [3.8, 4) is 0 Å². The normalized spacial score (nSPS) is 18.1. The van der Waals surface area contributed by atoms with E-state index < -0.39 is 21.7 Å². The molecule has 0 radical (unpaired) electrons. The maximum absolute atomic E-state index is 12.8. The number of rotatable bonds is 3. The van der Waals surface area contributed by atoms with Gasteiger partial charge in [0.1, 0.15) is 5.54 Å². The zero-order chi connectivity index (χ0) is 14.5. The monoisotopic (exact) mass is 295 g/mol. The molecule has 0 heterocycles. The second-order valence-corrected chi connectivity index (χ2v) is 6.10. The number of halogens is 3. The van der Waals surface area contributed by atoms with Crippen LogP contribution in [-0.2, 0) is 10.0 Å². The Bertz CT molecular complexity index is 609. The molecule has 19 heavy (non-hydrogen) atoms. The summed E-state index contributed by atoms with van der Waals surface area (Å²) >= 11 is 0. The van der Waals surface area contributed by atoms with E-state index in [-0.39, 0.29) is 29.1 Å². The summed E-state index contributed by atoms with van der Waals surface area (Å²) in [6.07, 6.45) is -4.52. The Morgan fingerprint density at radius 1 is 1.21 bits per heavy atom. The smallest absolute Gasteiger partial charge is 0.399 e. The van der Waals surface area contributed by atoms with Gasteiger partial charge in [-0.15, -0.1) is 0 Å². The number of hydrogen-bond donors (Lipinski definition) is 3. The van der Waals surface area contributed by atoms with Crippen molar-refractivity contribution in [2.45, 2.75) is 29.5 Å². The minimum atomic E-state index is -4.40. The first-order valence-corrected chi connectivity index (χ1v) is 6.86. The fraction of sp³-hybridized carbons (Fsp3) is 0.400. The van der Waals surface area contributed by atoms with Crippen molar-refractivity contribution >= 4 is 21.4 Å². The van der Waals surface area contributed by atoms with Gasteiger partial charge in [0, 0.05) is 11.4 Å². The summed E-state index contributed by atoms with van der Waals surface area (Å²) in [6, 6.07) is 3.37. The predicted molar refractivity (Wildman–Crippen MR) is 63.9 cm³/mol. The molecule has 1 saturated carbocycles. The van der Waals surface area contributed by atoms with Crippen LogP contribution in [0.2, 0.25) is 0 Å². The molecule has 1 aromatic rings. The maximum atomic E-state index is 12.8. The summed E-state index contributed by atoms with van der Waals surface area (Å²) in [7, 11) is -4.02. The van der Waals surface area contributed by atoms with Gasteiger partial charge in [0.2, 0.25) is 10.0 Å². The summed E-state index contributed by atoms with van der Waals surface area (Å²) in [6.45, 7) is 0. The molecule has 1 aromatic carbocycles. The van der Waals surface area contributed by atoms with Gasteiger partial charge in [0.25, 0.3) is 0 Å². The van der Waals surface area contributed by atoms with Gasteiger partial charge >= 0.3 is 6.18 Å². The molecule has 9 heteroatoms. The van der Waals surface area contributed by atoms with Crippen molar-refractivity contribution in [3.63, 3.8) is 0 Å². The Balaban J connectivity index is 2.35. The first-order chi connectivity index (χ1) is 8.53. The van der Waals surface area contributed by atoms with Gasteiger partial charge in [0.05, 0.1) is 4.90 Å². The summed E-state index contributed by atoms with van der Waals surface area (Å²) in [5.74, 6) is 0. The van der Waals surface area contributed by atoms with E-state index in [1.165, 1.54) is 6.07 Å². The zero-order valence-corrected chi connectivity index (χ0v) is 10.5. The lowest BCUT2D eigenvalue weighted by Crippen LogP contribution is -2.38. The Labute approximate surface area is 107 Å². The third-order valence-electron chi connectivity index (χ3n) is 2.93. The van der Waals surface area contributed by atoms with Crippen LogP contribution >= 0.6 is 0 Å². The van der Waals surface area contributed by atoms with E-state index in [1.54, 1.807) is 0 Å². The Hall–Kier alpha value is -1.48. The lowest BCUT2D eigenvalue weighted by Gasteiger charge is -2.22. The highest BCUT2D eigenvalue weighted by molar-refractivity contribution is 7.89. The molecule has 5 nitrogen and oxygen atoms in total. The number of anilines is 2. The quantitative estimate of drug-likeness (QED) is 0.734. The number of nitrogens with two attached hydrogens (primary N) is 2.